The summed E-state index contributed by atoms with van der Waals surface area (Å²) in [4.78, 5) is 11.1. The molecule has 1 N–H and O–H groups in total. The smallest absolute Gasteiger partial charge is 0.335 e. The van der Waals surface area contributed by atoms with Crippen molar-refractivity contribution in [2.24, 2.45) is 0 Å². The molecule has 0 aromatic rings. The number of aliphatic hydroxyl groups is 1. The van der Waals surface area contributed by atoms with Crippen LogP contribution in [0.15, 0.2) is 0 Å². The summed E-state index contributed by atoms with van der Waals surface area (Å²) in [7, 11) is 0. The summed E-state index contributed by atoms with van der Waals surface area (Å²) >= 11 is 0. The molecule has 1 aliphatic heterocycles. The molecule has 1 rings (SSSR count). The standard InChI is InChI=1S/C9H16O3/c1-3-9(4-2)6-5-7(10)8(11)12-9/h7,10H,3-6H2,1-2H3. The third-order valence-corrected chi connectivity index (χ3v) is 2.75. The van der Waals surface area contributed by atoms with Crippen molar-refractivity contribution < 1.29 is 14.6 Å². The molecule has 0 amide bonds. The Morgan fingerprint density at radius 2 is 2.17 bits per heavy atom. The topological polar surface area (TPSA) is 46.5 Å². The van der Waals surface area contributed by atoms with Crippen LogP contribution in [0.2, 0.25) is 0 Å². The minimum absolute atomic E-state index is 0.295. The van der Waals surface area contributed by atoms with E-state index in [4.69, 9.17) is 9.84 Å². The van der Waals surface area contributed by atoms with Crippen LogP contribution in [0.25, 0.3) is 0 Å². The van der Waals surface area contributed by atoms with E-state index in [1.807, 2.05) is 13.8 Å². The largest absolute Gasteiger partial charge is 0.457 e. The van der Waals surface area contributed by atoms with E-state index in [9.17, 15) is 4.79 Å². The summed E-state index contributed by atoms with van der Waals surface area (Å²) in [6.07, 6.45) is 2.10. The van der Waals surface area contributed by atoms with Crippen LogP contribution in [0.1, 0.15) is 39.5 Å². The van der Waals surface area contributed by atoms with E-state index in [1.54, 1.807) is 0 Å². The lowest BCUT2D eigenvalue weighted by Gasteiger charge is -2.36. The molecule has 0 bridgehead atoms. The zero-order valence-corrected chi connectivity index (χ0v) is 7.67. The van der Waals surface area contributed by atoms with Crippen LogP contribution in [0.5, 0.6) is 0 Å². The first-order valence-corrected chi connectivity index (χ1v) is 4.54. The zero-order valence-electron chi connectivity index (χ0n) is 7.67. The number of cyclic esters (lactones) is 1. The van der Waals surface area contributed by atoms with Gasteiger partial charge in [-0.2, -0.15) is 0 Å². The molecule has 0 aromatic heterocycles. The molecule has 0 radical (unpaired) electrons. The second-order valence-corrected chi connectivity index (χ2v) is 3.37. The van der Waals surface area contributed by atoms with Gasteiger partial charge in [0.05, 0.1) is 0 Å². The Bertz CT molecular complexity index is 173. The van der Waals surface area contributed by atoms with Gasteiger partial charge >= 0.3 is 5.97 Å². The molecule has 1 saturated heterocycles. The van der Waals surface area contributed by atoms with E-state index in [2.05, 4.69) is 0 Å². The van der Waals surface area contributed by atoms with Gasteiger partial charge in [0.25, 0.3) is 0 Å². The third-order valence-electron chi connectivity index (χ3n) is 2.75. The highest BCUT2D eigenvalue weighted by molar-refractivity contribution is 5.75. The van der Waals surface area contributed by atoms with Crippen molar-refractivity contribution in [1.29, 1.82) is 0 Å². The number of esters is 1. The molecule has 0 aromatic carbocycles. The number of ether oxygens (including phenoxy) is 1. The Kier molecular flexibility index (Phi) is 2.73. The first-order chi connectivity index (χ1) is 5.63. The van der Waals surface area contributed by atoms with Crippen molar-refractivity contribution in [1.82, 2.24) is 0 Å². The van der Waals surface area contributed by atoms with E-state index in [-0.39, 0.29) is 5.60 Å². The molecule has 0 aliphatic carbocycles. The fourth-order valence-electron chi connectivity index (χ4n) is 1.60. The maximum atomic E-state index is 11.1. The second kappa shape index (κ2) is 3.44. The number of aliphatic hydroxyl groups excluding tert-OH is 1. The number of hydrogen-bond donors (Lipinski definition) is 1. The molecule has 70 valence electrons. The van der Waals surface area contributed by atoms with Crippen molar-refractivity contribution in [3.8, 4) is 0 Å². The molecule has 3 heteroatoms. The Morgan fingerprint density at radius 3 is 2.58 bits per heavy atom. The lowest BCUT2D eigenvalue weighted by molar-refractivity contribution is -0.182. The van der Waals surface area contributed by atoms with E-state index in [0.717, 1.165) is 19.3 Å². The molecular formula is C9H16O3. The van der Waals surface area contributed by atoms with Gasteiger partial charge in [-0.3, -0.25) is 0 Å². The van der Waals surface area contributed by atoms with Gasteiger partial charge in [-0.05, 0) is 25.7 Å². The Labute approximate surface area is 72.7 Å². The van der Waals surface area contributed by atoms with Gasteiger partial charge in [0.2, 0.25) is 0 Å². The first-order valence-electron chi connectivity index (χ1n) is 4.54. The summed E-state index contributed by atoms with van der Waals surface area (Å²) < 4.78 is 5.20. The summed E-state index contributed by atoms with van der Waals surface area (Å²) in [6, 6.07) is 0. The van der Waals surface area contributed by atoms with Gasteiger partial charge < -0.3 is 9.84 Å². The fourth-order valence-corrected chi connectivity index (χ4v) is 1.60. The SMILES string of the molecule is CCC1(CC)CCC(O)C(=O)O1. The maximum absolute atomic E-state index is 11.1. The summed E-state index contributed by atoms with van der Waals surface area (Å²) in [6.45, 7) is 4.02. The first kappa shape index (κ1) is 9.52. The number of carbonyl (C=O) groups excluding carboxylic acids is 1. The van der Waals surface area contributed by atoms with E-state index in [1.165, 1.54) is 0 Å². The van der Waals surface area contributed by atoms with E-state index >= 15 is 0 Å². The van der Waals surface area contributed by atoms with Crippen molar-refractivity contribution in [2.45, 2.75) is 51.2 Å². The number of carbonyl (C=O) groups is 1. The van der Waals surface area contributed by atoms with E-state index in [0.29, 0.717) is 6.42 Å². The highest BCUT2D eigenvalue weighted by atomic mass is 16.6. The predicted octanol–water partition coefficient (Wildman–Crippen LogP) is 1.24. The third kappa shape index (κ3) is 1.61. The maximum Gasteiger partial charge on any atom is 0.335 e. The lowest BCUT2D eigenvalue weighted by Crippen LogP contribution is -2.43. The summed E-state index contributed by atoms with van der Waals surface area (Å²) in [5, 5.41) is 9.13. The van der Waals surface area contributed by atoms with Crippen LogP contribution < -0.4 is 0 Å². The highest BCUT2D eigenvalue weighted by Crippen LogP contribution is 2.31. The van der Waals surface area contributed by atoms with Gasteiger partial charge in [-0.15, -0.1) is 0 Å². The molecule has 0 saturated carbocycles. The van der Waals surface area contributed by atoms with Crippen molar-refractivity contribution in [2.75, 3.05) is 0 Å². The minimum Gasteiger partial charge on any atom is -0.457 e. The molecule has 1 aliphatic rings. The average molecular weight is 172 g/mol. The summed E-state index contributed by atoms with van der Waals surface area (Å²) in [5.74, 6) is -0.454. The Hall–Kier alpha value is -0.570. The molecule has 0 spiro atoms. The Balaban J connectivity index is 2.64. The number of rotatable bonds is 2. The molecule has 1 heterocycles. The van der Waals surface area contributed by atoms with Crippen LogP contribution in [0.4, 0.5) is 0 Å². The van der Waals surface area contributed by atoms with Gasteiger partial charge in [-0.1, -0.05) is 13.8 Å². The van der Waals surface area contributed by atoms with Crippen LogP contribution in [0, 0.1) is 0 Å². The fraction of sp³-hybridized carbons (Fsp3) is 0.889. The van der Waals surface area contributed by atoms with Crippen molar-refractivity contribution >= 4 is 5.97 Å². The lowest BCUT2D eigenvalue weighted by atomic mass is 9.88. The van der Waals surface area contributed by atoms with Gasteiger partial charge in [-0.25, -0.2) is 4.79 Å². The normalized spacial score (nSPS) is 28.2. The van der Waals surface area contributed by atoms with Gasteiger partial charge in [0.1, 0.15) is 5.60 Å². The number of hydrogen-bond acceptors (Lipinski definition) is 3. The monoisotopic (exact) mass is 172 g/mol. The minimum atomic E-state index is -0.892. The average Bonchev–Trinajstić information content (AvgIpc) is 2.10. The van der Waals surface area contributed by atoms with Gasteiger partial charge in [0, 0.05) is 0 Å². The molecule has 1 fully saturated rings. The van der Waals surface area contributed by atoms with E-state index < -0.39 is 12.1 Å². The van der Waals surface area contributed by atoms with Crippen LogP contribution >= 0.6 is 0 Å². The molecule has 1 unspecified atom stereocenters. The zero-order chi connectivity index (χ0) is 9.19. The quantitative estimate of drug-likeness (QED) is 0.637. The summed E-state index contributed by atoms with van der Waals surface area (Å²) in [5.41, 5.74) is -0.295. The van der Waals surface area contributed by atoms with Crippen molar-refractivity contribution in [3.05, 3.63) is 0 Å². The van der Waals surface area contributed by atoms with Gasteiger partial charge in [0.15, 0.2) is 6.10 Å². The molecular weight excluding hydrogens is 156 g/mol. The molecule has 3 nitrogen and oxygen atoms in total. The second-order valence-electron chi connectivity index (χ2n) is 3.37. The van der Waals surface area contributed by atoms with Crippen molar-refractivity contribution in [3.63, 3.8) is 0 Å². The molecule has 12 heavy (non-hydrogen) atoms. The predicted molar refractivity (Wildman–Crippen MR) is 44.6 cm³/mol. The van der Waals surface area contributed by atoms with Crippen LogP contribution in [-0.4, -0.2) is 22.8 Å². The van der Waals surface area contributed by atoms with Crippen LogP contribution in [0.3, 0.4) is 0 Å². The van der Waals surface area contributed by atoms with Crippen LogP contribution in [-0.2, 0) is 9.53 Å². The molecule has 1 atom stereocenters. The Morgan fingerprint density at radius 1 is 1.58 bits per heavy atom. The highest BCUT2D eigenvalue weighted by Gasteiger charge is 2.38.